The van der Waals surface area contributed by atoms with E-state index >= 15 is 0 Å². The lowest BCUT2D eigenvalue weighted by atomic mass is 9.88. The molecule has 0 saturated carbocycles. The molecule has 2 saturated heterocycles. The average Bonchev–Trinajstić information content (AvgIpc) is 3.27. The summed E-state index contributed by atoms with van der Waals surface area (Å²) in [6, 6.07) is 20.8. The molecular weight excluding hydrogens is 348 g/mol. The van der Waals surface area contributed by atoms with Gasteiger partial charge in [0, 0.05) is 51.7 Å². The largest absolute Gasteiger partial charge is 0.377 e. The van der Waals surface area contributed by atoms with Crippen LogP contribution in [0.15, 0.2) is 60.7 Å². The number of carbonyl (C=O) groups is 1. The second-order valence-electron chi connectivity index (χ2n) is 7.89. The van der Waals surface area contributed by atoms with Crippen LogP contribution in [0.2, 0.25) is 0 Å². The number of hydrogen-bond donors (Lipinski definition) is 0. The number of nitrogens with zero attached hydrogens (tertiary/aromatic N) is 2. The summed E-state index contributed by atoms with van der Waals surface area (Å²) in [5.74, 6) is 0.370. The van der Waals surface area contributed by atoms with Crippen molar-refractivity contribution in [1.29, 1.82) is 0 Å². The van der Waals surface area contributed by atoms with Crippen LogP contribution < -0.4 is 0 Å². The van der Waals surface area contributed by atoms with Crippen molar-refractivity contribution >= 4 is 5.91 Å². The molecule has 0 aromatic heterocycles. The lowest BCUT2D eigenvalue weighted by molar-refractivity contribution is -0.133. The maximum absolute atomic E-state index is 13.1. The molecule has 0 spiro atoms. The van der Waals surface area contributed by atoms with Crippen LogP contribution >= 0.6 is 0 Å². The van der Waals surface area contributed by atoms with Gasteiger partial charge in [0.2, 0.25) is 5.91 Å². The van der Waals surface area contributed by atoms with Crippen LogP contribution in [0, 0.1) is 0 Å². The van der Waals surface area contributed by atoms with Crippen LogP contribution in [0.25, 0.3) is 0 Å². The lowest BCUT2D eigenvalue weighted by Crippen LogP contribution is -2.50. The summed E-state index contributed by atoms with van der Waals surface area (Å²) in [5.41, 5.74) is 2.41. The first-order chi connectivity index (χ1) is 13.8. The molecule has 0 aliphatic carbocycles. The van der Waals surface area contributed by atoms with E-state index in [4.69, 9.17) is 4.74 Å². The summed E-state index contributed by atoms with van der Waals surface area (Å²) in [5, 5.41) is 0. The van der Waals surface area contributed by atoms with Gasteiger partial charge in [-0.15, -0.1) is 0 Å². The maximum Gasteiger partial charge on any atom is 0.223 e. The summed E-state index contributed by atoms with van der Waals surface area (Å²) in [6.45, 7) is 5.46. The molecule has 148 valence electrons. The van der Waals surface area contributed by atoms with Gasteiger partial charge in [0.25, 0.3) is 0 Å². The predicted octanol–water partition coefficient (Wildman–Crippen LogP) is 3.53. The van der Waals surface area contributed by atoms with Crippen molar-refractivity contribution in [3.8, 4) is 0 Å². The first-order valence-corrected chi connectivity index (χ1v) is 10.5. The Bertz CT molecular complexity index is 696. The van der Waals surface area contributed by atoms with Gasteiger partial charge in [-0.25, -0.2) is 0 Å². The number of piperazine rings is 1. The van der Waals surface area contributed by atoms with Gasteiger partial charge in [-0.05, 0) is 24.0 Å². The summed E-state index contributed by atoms with van der Waals surface area (Å²) in [7, 11) is 0. The molecule has 1 amide bonds. The van der Waals surface area contributed by atoms with Crippen LogP contribution in [0.1, 0.15) is 36.3 Å². The maximum atomic E-state index is 13.1. The predicted molar refractivity (Wildman–Crippen MR) is 111 cm³/mol. The molecule has 2 aromatic carbocycles. The second kappa shape index (κ2) is 9.35. The minimum atomic E-state index is 0.111. The highest BCUT2D eigenvalue weighted by molar-refractivity contribution is 5.78. The average molecular weight is 379 g/mol. The minimum absolute atomic E-state index is 0.111. The van der Waals surface area contributed by atoms with E-state index in [1.165, 1.54) is 24.0 Å². The fourth-order valence-electron chi connectivity index (χ4n) is 4.36. The normalized spacial score (nSPS) is 20.6. The van der Waals surface area contributed by atoms with Gasteiger partial charge in [-0.1, -0.05) is 60.7 Å². The van der Waals surface area contributed by atoms with E-state index in [2.05, 4.69) is 53.4 Å². The zero-order valence-corrected chi connectivity index (χ0v) is 16.5. The van der Waals surface area contributed by atoms with Crippen LogP contribution in [0.3, 0.4) is 0 Å². The lowest BCUT2D eigenvalue weighted by Gasteiger charge is -2.36. The van der Waals surface area contributed by atoms with Crippen molar-refractivity contribution < 1.29 is 9.53 Å². The van der Waals surface area contributed by atoms with E-state index in [1.807, 2.05) is 17.0 Å². The molecule has 0 radical (unpaired) electrons. The highest BCUT2D eigenvalue weighted by Gasteiger charge is 2.27. The summed E-state index contributed by atoms with van der Waals surface area (Å²) in [6.07, 6.45) is 3.28. The monoisotopic (exact) mass is 378 g/mol. The van der Waals surface area contributed by atoms with Crippen LogP contribution in [-0.2, 0) is 9.53 Å². The van der Waals surface area contributed by atoms with Crippen LogP contribution in [-0.4, -0.2) is 61.1 Å². The molecule has 2 fully saturated rings. The summed E-state index contributed by atoms with van der Waals surface area (Å²) < 4.78 is 5.76. The third-order valence-electron chi connectivity index (χ3n) is 5.99. The zero-order valence-electron chi connectivity index (χ0n) is 16.5. The van der Waals surface area contributed by atoms with Gasteiger partial charge in [0.05, 0.1) is 6.10 Å². The molecule has 28 heavy (non-hydrogen) atoms. The smallest absolute Gasteiger partial charge is 0.223 e. The van der Waals surface area contributed by atoms with E-state index < -0.39 is 0 Å². The minimum Gasteiger partial charge on any atom is -0.377 e. The topological polar surface area (TPSA) is 32.8 Å². The Balaban J connectivity index is 1.37. The highest BCUT2D eigenvalue weighted by Crippen LogP contribution is 2.28. The fourth-order valence-corrected chi connectivity index (χ4v) is 4.36. The van der Waals surface area contributed by atoms with Crippen molar-refractivity contribution in [1.82, 2.24) is 9.80 Å². The molecule has 1 atom stereocenters. The van der Waals surface area contributed by atoms with Gasteiger partial charge < -0.3 is 9.64 Å². The quantitative estimate of drug-likeness (QED) is 0.771. The number of hydrogen-bond acceptors (Lipinski definition) is 3. The molecule has 2 aromatic rings. The molecular formula is C24H30N2O2. The first kappa shape index (κ1) is 19.2. The van der Waals surface area contributed by atoms with E-state index in [0.29, 0.717) is 12.5 Å². The third kappa shape index (κ3) is 4.81. The van der Waals surface area contributed by atoms with Gasteiger partial charge in [-0.2, -0.15) is 0 Å². The van der Waals surface area contributed by atoms with Crippen molar-refractivity contribution in [2.45, 2.75) is 31.3 Å². The molecule has 2 aliphatic rings. The summed E-state index contributed by atoms with van der Waals surface area (Å²) >= 11 is 0. The number of rotatable bonds is 6. The SMILES string of the molecule is O=C(CC(c1ccccc1)c1ccccc1)N1CCN(CC2CCCO2)CC1. The van der Waals surface area contributed by atoms with Crippen molar-refractivity contribution in [2.75, 3.05) is 39.3 Å². The number of benzene rings is 2. The van der Waals surface area contributed by atoms with Crippen molar-refractivity contribution in [2.24, 2.45) is 0 Å². The Morgan fingerprint density at radius 2 is 1.54 bits per heavy atom. The van der Waals surface area contributed by atoms with E-state index in [1.54, 1.807) is 0 Å². The van der Waals surface area contributed by atoms with Gasteiger partial charge in [0.1, 0.15) is 0 Å². The van der Waals surface area contributed by atoms with E-state index in [-0.39, 0.29) is 11.8 Å². The molecule has 0 bridgehead atoms. The molecule has 4 nitrogen and oxygen atoms in total. The molecule has 1 unspecified atom stereocenters. The number of amides is 1. The Morgan fingerprint density at radius 3 is 2.07 bits per heavy atom. The van der Waals surface area contributed by atoms with Crippen molar-refractivity contribution in [3.05, 3.63) is 71.8 Å². The van der Waals surface area contributed by atoms with E-state index in [9.17, 15) is 4.79 Å². The molecule has 4 rings (SSSR count). The highest BCUT2D eigenvalue weighted by atomic mass is 16.5. The number of carbonyl (C=O) groups excluding carboxylic acids is 1. The van der Waals surface area contributed by atoms with Gasteiger partial charge >= 0.3 is 0 Å². The van der Waals surface area contributed by atoms with E-state index in [0.717, 1.165) is 39.3 Å². The first-order valence-electron chi connectivity index (χ1n) is 10.5. The van der Waals surface area contributed by atoms with Gasteiger partial charge in [0.15, 0.2) is 0 Å². The zero-order chi connectivity index (χ0) is 19.2. The number of ether oxygens (including phenoxy) is 1. The molecule has 0 N–H and O–H groups in total. The third-order valence-corrected chi connectivity index (χ3v) is 5.99. The fraction of sp³-hybridized carbons (Fsp3) is 0.458. The Kier molecular flexibility index (Phi) is 6.40. The van der Waals surface area contributed by atoms with Gasteiger partial charge in [-0.3, -0.25) is 9.69 Å². The standard InChI is InChI=1S/C24H30N2O2/c27-24(26-15-13-25(14-16-26)19-22-12-7-17-28-22)18-23(20-8-3-1-4-9-20)21-10-5-2-6-11-21/h1-6,8-11,22-23H,7,12-19H2. The van der Waals surface area contributed by atoms with Crippen LogP contribution in [0.5, 0.6) is 0 Å². The molecule has 4 heteroatoms. The Labute approximate surface area is 168 Å². The Morgan fingerprint density at radius 1 is 0.929 bits per heavy atom. The van der Waals surface area contributed by atoms with Crippen molar-refractivity contribution in [3.63, 3.8) is 0 Å². The second-order valence-corrected chi connectivity index (χ2v) is 7.89. The Hall–Kier alpha value is -2.17. The molecule has 2 aliphatic heterocycles. The molecule has 2 heterocycles. The summed E-state index contributed by atoms with van der Waals surface area (Å²) in [4.78, 5) is 17.6. The van der Waals surface area contributed by atoms with Crippen LogP contribution in [0.4, 0.5) is 0 Å².